The van der Waals surface area contributed by atoms with E-state index in [4.69, 9.17) is 14.5 Å². The van der Waals surface area contributed by atoms with E-state index in [1.165, 1.54) is 12.1 Å². The van der Waals surface area contributed by atoms with Crippen molar-refractivity contribution in [1.29, 1.82) is 0 Å². The Kier molecular flexibility index (Phi) is 6.31. The largest absolute Gasteiger partial charge is 0.497 e. The van der Waals surface area contributed by atoms with Gasteiger partial charge in [-0.15, -0.1) is 0 Å². The summed E-state index contributed by atoms with van der Waals surface area (Å²) >= 11 is 0. The van der Waals surface area contributed by atoms with Gasteiger partial charge >= 0.3 is 0 Å². The van der Waals surface area contributed by atoms with Crippen LogP contribution in [-0.2, 0) is 0 Å². The molecule has 0 fully saturated rings. The number of rotatable bonds is 6. The molecule has 0 radical (unpaired) electrons. The fraction of sp³-hybridized carbons (Fsp3) is 0.0833. The minimum atomic E-state index is -0.294. The van der Waals surface area contributed by atoms with Crippen molar-refractivity contribution >= 4 is 23.6 Å². The molecule has 3 aromatic rings. The molecule has 0 saturated heterocycles. The van der Waals surface area contributed by atoms with E-state index in [-0.39, 0.29) is 5.82 Å². The average molecular weight is 431 g/mol. The van der Waals surface area contributed by atoms with Crippen molar-refractivity contribution < 1.29 is 13.9 Å². The molecule has 0 bridgehead atoms. The van der Waals surface area contributed by atoms with Gasteiger partial charge in [0.2, 0.25) is 5.96 Å². The molecule has 4 rings (SSSR count). The summed E-state index contributed by atoms with van der Waals surface area (Å²) < 4.78 is 23.6. The van der Waals surface area contributed by atoms with Crippen molar-refractivity contribution in [2.24, 2.45) is 10.1 Å². The number of nitrogens with zero attached hydrogens (tertiary/aromatic N) is 2. The van der Waals surface area contributed by atoms with Crippen LogP contribution < -0.4 is 25.8 Å². The van der Waals surface area contributed by atoms with Crippen molar-refractivity contribution in [2.45, 2.75) is 0 Å². The Morgan fingerprint density at radius 2 is 1.41 bits per heavy atom. The van der Waals surface area contributed by atoms with Crippen LogP contribution >= 0.6 is 0 Å². The van der Waals surface area contributed by atoms with Crippen LogP contribution in [0.2, 0.25) is 0 Å². The van der Waals surface area contributed by atoms with E-state index in [0.29, 0.717) is 5.96 Å². The summed E-state index contributed by atoms with van der Waals surface area (Å²) in [5.74, 6) is 1.64. The molecule has 162 valence electrons. The molecular formula is C24H22FN5O2. The smallest absolute Gasteiger partial charge is 0.236 e. The van der Waals surface area contributed by atoms with Gasteiger partial charge in [-0.05, 0) is 66.2 Å². The molecule has 1 aliphatic rings. The quantitative estimate of drug-likeness (QED) is 0.409. The highest BCUT2D eigenvalue weighted by molar-refractivity contribution is 5.99. The maximum absolute atomic E-state index is 13.1. The minimum absolute atomic E-state index is 0.294. The molecular weight excluding hydrogens is 409 g/mol. The third-order valence-corrected chi connectivity index (χ3v) is 4.76. The fourth-order valence-corrected chi connectivity index (χ4v) is 3.07. The number of hydrogen-bond donors (Lipinski definition) is 3. The molecule has 1 aliphatic heterocycles. The number of ether oxygens (including phenoxy) is 2. The average Bonchev–Trinajstić information content (AvgIpc) is 2.85. The summed E-state index contributed by atoms with van der Waals surface area (Å²) in [6.45, 7) is 0. The van der Waals surface area contributed by atoms with Crippen LogP contribution in [0.25, 0.3) is 11.4 Å². The van der Waals surface area contributed by atoms with Crippen LogP contribution in [0, 0.1) is 5.82 Å². The maximum Gasteiger partial charge on any atom is 0.236 e. The number of halogens is 1. The molecule has 3 N–H and O–H groups in total. The van der Waals surface area contributed by atoms with Crippen LogP contribution in [0.1, 0.15) is 16.7 Å². The van der Waals surface area contributed by atoms with Gasteiger partial charge in [0.05, 0.1) is 31.8 Å². The van der Waals surface area contributed by atoms with Crippen molar-refractivity contribution in [1.82, 2.24) is 16.3 Å². The number of nitrogens with one attached hydrogen (secondary N) is 3. The van der Waals surface area contributed by atoms with E-state index in [2.05, 4.69) is 21.4 Å². The normalized spacial score (nSPS) is 13.3. The first-order valence-corrected chi connectivity index (χ1v) is 9.85. The lowest BCUT2D eigenvalue weighted by molar-refractivity contribution is 0.414. The molecule has 32 heavy (non-hydrogen) atoms. The topological polar surface area (TPSA) is 79.3 Å². The second-order valence-corrected chi connectivity index (χ2v) is 6.81. The Balaban J connectivity index is 1.64. The highest BCUT2D eigenvalue weighted by atomic mass is 19.1. The van der Waals surface area contributed by atoms with E-state index >= 15 is 0 Å². The lowest BCUT2D eigenvalue weighted by Crippen LogP contribution is -2.45. The Morgan fingerprint density at radius 1 is 0.812 bits per heavy atom. The van der Waals surface area contributed by atoms with E-state index in [1.807, 2.05) is 48.5 Å². The van der Waals surface area contributed by atoms with E-state index in [1.54, 1.807) is 32.6 Å². The molecule has 1 heterocycles. The van der Waals surface area contributed by atoms with Crippen LogP contribution in [0.3, 0.4) is 0 Å². The van der Waals surface area contributed by atoms with E-state index < -0.39 is 0 Å². The molecule has 0 unspecified atom stereocenters. The summed E-state index contributed by atoms with van der Waals surface area (Å²) in [7, 11) is 3.26. The zero-order chi connectivity index (χ0) is 22.3. The molecule has 0 spiro atoms. The number of benzene rings is 3. The summed E-state index contributed by atoms with van der Waals surface area (Å²) in [6.07, 6.45) is 1.58. The Morgan fingerprint density at radius 3 is 2.00 bits per heavy atom. The number of aliphatic imine (C=N–C) groups is 1. The van der Waals surface area contributed by atoms with Gasteiger partial charge in [-0.25, -0.2) is 14.8 Å². The lowest BCUT2D eigenvalue weighted by atomic mass is 10.0. The second kappa shape index (κ2) is 9.65. The fourth-order valence-electron chi connectivity index (χ4n) is 3.07. The molecule has 0 aliphatic carbocycles. The summed E-state index contributed by atoms with van der Waals surface area (Å²) in [6, 6.07) is 21.4. The number of methoxy groups -OCH3 is 2. The predicted molar refractivity (Wildman–Crippen MR) is 124 cm³/mol. The summed E-state index contributed by atoms with van der Waals surface area (Å²) in [4.78, 5) is 4.72. The molecule has 8 heteroatoms. The van der Waals surface area contributed by atoms with Crippen molar-refractivity contribution in [3.8, 4) is 11.5 Å². The third kappa shape index (κ3) is 4.86. The molecule has 0 saturated carbocycles. The van der Waals surface area contributed by atoms with Gasteiger partial charge in [0.25, 0.3) is 0 Å². The van der Waals surface area contributed by atoms with Crippen LogP contribution in [0.15, 0.2) is 82.9 Å². The molecule has 0 amide bonds. The zero-order valence-electron chi connectivity index (χ0n) is 17.6. The van der Waals surface area contributed by atoms with Crippen LogP contribution in [-0.4, -0.2) is 26.4 Å². The van der Waals surface area contributed by atoms with Crippen molar-refractivity contribution in [2.75, 3.05) is 14.2 Å². The first kappa shape index (κ1) is 20.9. The Labute approximate surface area is 185 Å². The number of hydrazine groups is 1. The van der Waals surface area contributed by atoms with Crippen LogP contribution in [0.5, 0.6) is 11.5 Å². The Hall–Kier alpha value is -4.33. The van der Waals surface area contributed by atoms with Crippen LogP contribution in [0.4, 0.5) is 4.39 Å². The number of guanidine groups is 1. The maximum atomic E-state index is 13.1. The van der Waals surface area contributed by atoms with Gasteiger partial charge in [0.15, 0.2) is 0 Å². The molecule has 0 atom stereocenters. The standard InChI is InChI=1S/C24H22FN5O2/c1-31-20-11-5-17(6-12-20)22-23(18-7-13-21(32-2)14-8-18)28-30-24(27-22)29-26-15-16-3-9-19(25)10-4-16/h3-15,28H,1-2H3,(H2,27,29,30)/b26-15+. The third-order valence-electron chi connectivity index (χ3n) is 4.76. The number of hydrazone groups is 1. The first-order chi connectivity index (χ1) is 15.7. The highest BCUT2D eigenvalue weighted by Crippen LogP contribution is 2.29. The lowest BCUT2D eigenvalue weighted by Gasteiger charge is -2.23. The van der Waals surface area contributed by atoms with Gasteiger partial charge in [0.1, 0.15) is 17.3 Å². The van der Waals surface area contributed by atoms with Gasteiger partial charge in [-0.2, -0.15) is 5.10 Å². The van der Waals surface area contributed by atoms with E-state index in [0.717, 1.165) is 39.6 Å². The van der Waals surface area contributed by atoms with Crippen molar-refractivity contribution in [3.63, 3.8) is 0 Å². The molecule has 3 aromatic carbocycles. The summed E-state index contributed by atoms with van der Waals surface area (Å²) in [5.41, 5.74) is 13.2. The molecule has 0 aromatic heterocycles. The second-order valence-electron chi connectivity index (χ2n) is 6.81. The Bertz CT molecular complexity index is 1150. The van der Waals surface area contributed by atoms with E-state index in [9.17, 15) is 4.39 Å². The summed E-state index contributed by atoms with van der Waals surface area (Å²) in [5, 5.41) is 4.18. The highest BCUT2D eigenvalue weighted by Gasteiger charge is 2.18. The zero-order valence-corrected chi connectivity index (χ0v) is 17.6. The first-order valence-electron chi connectivity index (χ1n) is 9.85. The van der Waals surface area contributed by atoms with Gasteiger partial charge < -0.3 is 9.47 Å². The monoisotopic (exact) mass is 431 g/mol. The minimum Gasteiger partial charge on any atom is -0.497 e. The van der Waals surface area contributed by atoms with Crippen molar-refractivity contribution in [3.05, 3.63) is 95.3 Å². The predicted octanol–water partition coefficient (Wildman–Crippen LogP) is 3.76. The SMILES string of the molecule is COc1ccc(C2=C(c3ccc(OC)cc3)NNC(N/N=C/c3ccc(F)cc3)=N2)cc1. The number of hydrogen-bond acceptors (Lipinski definition) is 7. The van der Waals surface area contributed by atoms with Gasteiger partial charge in [-0.1, -0.05) is 12.1 Å². The molecule has 7 nitrogen and oxygen atoms in total. The van der Waals surface area contributed by atoms with Gasteiger partial charge in [0, 0.05) is 11.1 Å². The van der Waals surface area contributed by atoms with Gasteiger partial charge in [-0.3, -0.25) is 10.9 Å².